The lowest BCUT2D eigenvalue weighted by atomic mass is 10.1. The first-order valence-electron chi connectivity index (χ1n) is 5.59. The summed E-state index contributed by atoms with van der Waals surface area (Å²) in [5.41, 5.74) is 1.87. The van der Waals surface area contributed by atoms with Crippen molar-refractivity contribution >= 4 is 0 Å². The monoisotopic (exact) mass is 209 g/mol. The minimum Gasteiger partial charge on any atom is -0.312 e. The Morgan fingerprint density at radius 2 is 2.13 bits per heavy atom. The van der Waals surface area contributed by atoms with Crippen molar-refractivity contribution < 1.29 is 4.39 Å². The van der Waals surface area contributed by atoms with Crippen molar-refractivity contribution in [1.82, 2.24) is 5.32 Å². The predicted octanol–water partition coefficient (Wildman–Crippen LogP) is 3.27. The summed E-state index contributed by atoms with van der Waals surface area (Å²) in [7, 11) is 0. The molecule has 0 bridgehead atoms. The molecule has 0 fully saturated rings. The molecule has 2 heteroatoms. The van der Waals surface area contributed by atoms with Crippen LogP contribution >= 0.6 is 0 Å². The van der Waals surface area contributed by atoms with E-state index in [0.717, 1.165) is 24.2 Å². The van der Waals surface area contributed by atoms with E-state index in [9.17, 15) is 4.39 Å². The molecule has 0 radical (unpaired) electrons. The molecule has 1 N–H and O–H groups in total. The average Bonchev–Trinajstić information content (AvgIpc) is 2.23. The largest absolute Gasteiger partial charge is 0.312 e. The molecular weight excluding hydrogens is 189 g/mol. The molecular formula is C13H20FN. The molecule has 1 nitrogen and oxygen atoms in total. The van der Waals surface area contributed by atoms with Crippen molar-refractivity contribution in [3.63, 3.8) is 0 Å². The highest BCUT2D eigenvalue weighted by molar-refractivity contribution is 5.23. The maximum atomic E-state index is 13.0. The molecule has 15 heavy (non-hydrogen) atoms. The Hall–Kier alpha value is -0.890. The third kappa shape index (κ3) is 4.00. The minimum absolute atomic E-state index is 0.124. The third-order valence-electron chi connectivity index (χ3n) is 2.74. The lowest BCUT2D eigenvalue weighted by molar-refractivity contribution is 0.499. The van der Waals surface area contributed by atoms with Crippen LogP contribution < -0.4 is 5.32 Å². The van der Waals surface area contributed by atoms with Crippen molar-refractivity contribution in [3.05, 3.63) is 35.1 Å². The van der Waals surface area contributed by atoms with Gasteiger partial charge in [-0.15, -0.1) is 0 Å². The summed E-state index contributed by atoms with van der Waals surface area (Å²) < 4.78 is 13.0. The van der Waals surface area contributed by atoms with E-state index in [1.54, 1.807) is 6.92 Å². The number of aryl methyl sites for hydroxylation is 1. The van der Waals surface area contributed by atoms with Crippen LogP contribution in [0.2, 0.25) is 0 Å². The Kier molecular flexibility index (Phi) is 4.76. The molecule has 84 valence electrons. The van der Waals surface area contributed by atoms with E-state index in [0.29, 0.717) is 5.92 Å². The number of hydrogen-bond acceptors (Lipinski definition) is 1. The first kappa shape index (κ1) is 12.2. The van der Waals surface area contributed by atoms with Crippen LogP contribution in [0.25, 0.3) is 0 Å². The number of benzene rings is 1. The molecule has 0 aliphatic heterocycles. The summed E-state index contributed by atoms with van der Waals surface area (Å²) in [6.45, 7) is 8.06. The van der Waals surface area contributed by atoms with Gasteiger partial charge in [0, 0.05) is 6.54 Å². The molecule has 1 aromatic rings. The van der Waals surface area contributed by atoms with Crippen LogP contribution in [-0.2, 0) is 6.54 Å². The van der Waals surface area contributed by atoms with Gasteiger partial charge < -0.3 is 5.32 Å². The summed E-state index contributed by atoms with van der Waals surface area (Å²) in [5, 5.41) is 3.38. The lowest BCUT2D eigenvalue weighted by Crippen LogP contribution is -2.20. The smallest absolute Gasteiger partial charge is 0.126 e. The third-order valence-corrected chi connectivity index (χ3v) is 2.74. The van der Waals surface area contributed by atoms with E-state index in [1.807, 2.05) is 12.1 Å². The molecule has 0 saturated carbocycles. The summed E-state index contributed by atoms with van der Waals surface area (Å²) in [6, 6.07) is 5.28. The van der Waals surface area contributed by atoms with Crippen LogP contribution in [0, 0.1) is 18.7 Å². The molecule has 0 heterocycles. The van der Waals surface area contributed by atoms with E-state index in [4.69, 9.17) is 0 Å². The second kappa shape index (κ2) is 5.86. The van der Waals surface area contributed by atoms with Gasteiger partial charge in [0.25, 0.3) is 0 Å². The zero-order valence-corrected chi connectivity index (χ0v) is 9.81. The van der Waals surface area contributed by atoms with Crippen molar-refractivity contribution in [2.75, 3.05) is 6.54 Å². The number of halogens is 1. The molecule has 1 atom stereocenters. The van der Waals surface area contributed by atoms with Crippen LogP contribution in [0.1, 0.15) is 31.4 Å². The number of hydrogen-bond donors (Lipinski definition) is 1. The molecule has 0 aromatic heterocycles. The van der Waals surface area contributed by atoms with Gasteiger partial charge >= 0.3 is 0 Å². The van der Waals surface area contributed by atoms with E-state index in [-0.39, 0.29) is 5.82 Å². The zero-order chi connectivity index (χ0) is 11.3. The van der Waals surface area contributed by atoms with Gasteiger partial charge in [-0.3, -0.25) is 0 Å². The van der Waals surface area contributed by atoms with Crippen molar-refractivity contribution in [2.45, 2.75) is 33.7 Å². The Labute approximate surface area is 91.7 Å². The first-order valence-corrected chi connectivity index (χ1v) is 5.59. The van der Waals surface area contributed by atoms with Crippen LogP contribution in [0.3, 0.4) is 0 Å². The molecule has 0 aliphatic carbocycles. The topological polar surface area (TPSA) is 12.0 Å². The summed E-state index contributed by atoms with van der Waals surface area (Å²) in [6.07, 6.45) is 1.19. The Bertz CT molecular complexity index is 309. The fraction of sp³-hybridized carbons (Fsp3) is 0.538. The summed E-state index contributed by atoms with van der Waals surface area (Å²) in [4.78, 5) is 0. The molecule has 0 aliphatic rings. The van der Waals surface area contributed by atoms with Gasteiger partial charge in [-0.25, -0.2) is 4.39 Å². The van der Waals surface area contributed by atoms with Crippen LogP contribution in [0.15, 0.2) is 18.2 Å². The average molecular weight is 209 g/mol. The van der Waals surface area contributed by atoms with Gasteiger partial charge in [0.1, 0.15) is 5.82 Å². The van der Waals surface area contributed by atoms with Crippen LogP contribution in [0.4, 0.5) is 4.39 Å². The van der Waals surface area contributed by atoms with Gasteiger partial charge in [-0.2, -0.15) is 0 Å². The maximum Gasteiger partial charge on any atom is 0.126 e. The second-order valence-corrected chi connectivity index (χ2v) is 4.23. The highest BCUT2D eigenvalue weighted by atomic mass is 19.1. The fourth-order valence-corrected chi connectivity index (χ4v) is 1.42. The van der Waals surface area contributed by atoms with Crippen molar-refractivity contribution in [2.24, 2.45) is 5.92 Å². The van der Waals surface area contributed by atoms with E-state index >= 15 is 0 Å². The Morgan fingerprint density at radius 3 is 2.73 bits per heavy atom. The van der Waals surface area contributed by atoms with Crippen molar-refractivity contribution in [1.29, 1.82) is 0 Å². The molecule has 1 aromatic carbocycles. The zero-order valence-electron chi connectivity index (χ0n) is 9.81. The highest BCUT2D eigenvalue weighted by Gasteiger charge is 2.00. The van der Waals surface area contributed by atoms with Gasteiger partial charge in [0.05, 0.1) is 0 Å². The molecule has 0 amide bonds. The first-order chi connectivity index (χ1) is 7.13. The molecule has 0 saturated heterocycles. The van der Waals surface area contributed by atoms with Crippen LogP contribution in [0.5, 0.6) is 0 Å². The number of rotatable bonds is 5. The quantitative estimate of drug-likeness (QED) is 0.784. The van der Waals surface area contributed by atoms with E-state index in [2.05, 4.69) is 19.2 Å². The molecule has 0 spiro atoms. The summed E-state index contributed by atoms with van der Waals surface area (Å²) >= 11 is 0. The predicted molar refractivity (Wildman–Crippen MR) is 62.3 cm³/mol. The van der Waals surface area contributed by atoms with E-state index < -0.39 is 0 Å². The second-order valence-electron chi connectivity index (χ2n) is 4.23. The van der Waals surface area contributed by atoms with Crippen LogP contribution in [-0.4, -0.2) is 6.54 Å². The normalized spacial score (nSPS) is 12.8. The highest BCUT2D eigenvalue weighted by Crippen LogP contribution is 2.09. The lowest BCUT2D eigenvalue weighted by Gasteiger charge is -2.10. The minimum atomic E-state index is -0.124. The van der Waals surface area contributed by atoms with Gasteiger partial charge in [-0.05, 0) is 36.6 Å². The van der Waals surface area contributed by atoms with Gasteiger partial charge in [0.2, 0.25) is 0 Å². The number of nitrogens with one attached hydrogen (secondary N) is 1. The SMILES string of the molecule is CCC(C)CNCc1ccc(F)c(C)c1. The van der Waals surface area contributed by atoms with E-state index in [1.165, 1.54) is 12.5 Å². The standard InChI is InChI=1S/C13H20FN/c1-4-10(2)8-15-9-12-5-6-13(14)11(3)7-12/h5-7,10,15H,4,8-9H2,1-3H3. The molecule has 1 unspecified atom stereocenters. The fourth-order valence-electron chi connectivity index (χ4n) is 1.42. The van der Waals surface area contributed by atoms with Crippen molar-refractivity contribution in [3.8, 4) is 0 Å². The Balaban J connectivity index is 2.41. The van der Waals surface area contributed by atoms with Gasteiger partial charge in [0.15, 0.2) is 0 Å². The Morgan fingerprint density at radius 1 is 1.40 bits per heavy atom. The maximum absolute atomic E-state index is 13.0. The van der Waals surface area contributed by atoms with Gasteiger partial charge in [-0.1, -0.05) is 32.4 Å². The molecule has 1 rings (SSSR count). The summed E-state index contributed by atoms with van der Waals surface area (Å²) in [5.74, 6) is 0.576.